The van der Waals surface area contributed by atoms with Gasteiger partial charge >= 0.3 is 0 Å². The fourth-order valence-corrected chi connectivity index (χ4v) is 3.47. The summed E-state index contributed by atoms with van der Waals surface area (Å²) >= 11 is 5.45. The summed E-state index contributed by atoms with van der Waals surface area (Å²) in [5.41, 5.74) is 1.68. The van der Waals surface area contributed by atoms with Crippen LogP contribution in [0.5, 0.6) is 0 Å². The number of ketones is 1. The van der Waals surface area contributed by atoms with Crippen molar-refractivity contribution in [2.75, 3.05) is 36.3 Å². The predicted molar refractivity (Wildman–Crippen MR) is 79.9 cm³/mol. The molecule has 7 heteroatoms. The highest BCUT2D eigenvalue weighted by Crippen LogP contribution is 2.19. The molecule has 1 fully saturated rings. The Morgan fingerprint density at radius 1 is 1.15 bits per heavy atom. The van der Waals surface area contributed by atoms with E-state index in [1.807, 2.05) is 12.1 Å². The molecule has 20 heavy (non-hydrogen) atoms. The first kappa shape index (κ1) is 15.3. The van der Waals surface area contributed by atoms with Gasteiger partial charge in [0.2, 0.25) is 10.0 Å². The van der Waals surface area contributed by atoms with E-state index < -0.39 is 10.0 Å². The minimum absolute atomic E-state index is 0.0366. The van der Waals surface area contributed by atoms with Crippen LogP contribution >= 0.6 is 11.6 Å². The summed E-state index contributed by atoms with van der Waals surface area (Å²) in [4.78, 5) is 13.3. The third-order valence-corrected chi connectivity index (χ3v) is 5.66. The van der Waals surface area contributed by atoms with E-state index in [0.717, 1.165) is 5.69 Å². The van der Waals surface area contributed by atoms with Crippen LogP contribution in [0.1, 0.15) is 17.3 Å². The van der Waals surface area contributed by atoms with Crippen molar-refractivity contribution in [3.8, 4) is 0 Å². The number of carbonyl (C=O) groups is 1. The van der Waals surface area contributed by atoms with Gasteiger partial charge < -0.3 is 4.90 Å². The minimum atomic E-state index is -3.32. The number of nitrogens with zero attached hydrogens (tertiary/aromatic N) is 2. The minimum Gasteiger partial charge on any atom is -0.369 e. The van der Waals surface area contributed by atoms with Crippen molar-refractivity contribution in [3.63, 3.8) is 0 Å². The lowest BCUT2D eigenvalue weighted by Crippen LogP contribution is -2.49. The number of alkyl halides is 1. The molecule has 0 saturated carbocycles. The van der Waals surface area contributed by atoms with Crippen LogP contribution in [0.15, 0.2) is 24.3 Å². The van der Waals surface area contributed by atoms with Crippen LogP contribution in [-0.2, 0) is 10.0 Å². The van der Waals surface area contributed by atoms with Gasteiger partial charge in [-0.3, -0.25) is 4.79 Å². The van der Waals surface area contributed by atoms with Gasteiger partial charge in [-0.25, -0.2) is 8.42 Å². The van der Waals surface area contributed by atoms with E-state index in [1.54, 1.807) is 12.1 Å². The van der Waals surface area contributed by atoms with Gasteiger partial charge in [-0.05, 0) is 31.2 Å². The average molecular weight is 317 g/mol. The van der Waals surface area contributed by atoms with Gasteiger partial charge in [0, 0.05) is 37.4 Å². The van der Waals surface area contributed by atoms with E-state index in [2.05, 4.69) is 4.90 Å². The van der Waals surface area contributed by atoms with Gasteiger partial charge in [-0.2, -0.15) is 4.31 Å². The smallest absolute Gasteiger partial charge is 0.228 e. The van der Waals surface area contributed by atoms with Gasteiger partial charge in [0.1, 0.15) is 5.21 Å². The first-order valence-corrected chi connectivity index (χ1v) is 8.48. The van der Waals surface area contributed by atoms with Gasteiger partial charge in [0.05, 0.1) is 0 Å². The standard InChI is InChI=1S/C13H17ClN2O3S/c1-11(17)12-2-4-13(5-3-12)15-6-8-16(9-7-15)20(18,19)10-14/h2-5H,6-10H2,1H3. The van der Waals surface area contributed by atoms with Crippen molar-refractivity contribution >= 4 is 33.1 Å². The molecular formula is C13H17ClN2O3S. The van der Waals surface area contributed by atoms with Crippen LogP contribution in [0.3, 0.4) is 0 Å². The second-order valence-electron chi connectivity index (χ2n) is 4.71. The molecule has 0 aliphatic carbocycles. The topological polar surface area (TPSA) is 57.7 Å². The highest BCUT2D eigenvalue weighted by Gasteiger charge is 2.26. The second kappa shape index (κ2) is 6.11. The van der Waals surface area contributed by atoms with Gasteiger partial charge in [-0.15, -0.1) is 11.6 Å². The van der Waals surface area contributed by atoms with Crippen LogP contribution in [0.25, 0.3) is 0 Å². The Kier molecular flexibility index (Phi) is 4.67. The molecule has 1 aliphatic heterocycles. The molecule has 0 aromatic heterocycles. The molecule has 0 spiro atoms. The first-order chi connectivity index (χ1) is 9.44. The van der Waals surface area contributed by atoms with Crippen molar-refractivity contribution in [3.05, 3.63) is 29.8 Å². The van der Waals surface area contributed by atoms with Crippen LogP contribution in [0.2, 0.25) is 0 Å². The monoisotopic (exact) mass is 316 g/mol. The predicted octanol–water partition coefficient (Wildman–Crippen LogP) is 1.54. The molecule has 1 heterocycles. The number of sulfonamides is 1. The number of halogens is 1. The summed E-state index contributed by atoms with van der Waals surface area (Å²) in [7, 11) is -3.32. The zero-order valence-corrected chi connectivity index (χ0v) is 12.8. The molecule has 0 bridgehead atoms. The maximum atomic E-state index is 11.7. The van der Waals surface area contributed by atoms with E-state index in [4.69, 9.17) is 11.6 Å². The molecule has 1 aromatic rings. The van der Waals surface area contributed by atoms with Crippen LogP contribution < -0.4 is 4.90 Å². The highest BCUT2D eigenvalue weighted by molar-refractivity contribution is 7.90. The normalized spacial score (nSPS) is 17.2. The lowest BCUT2D eigenvalue weighted by atomic mass is 10.1. The third kappa shape index (κ3) is 3.31. The number of hydrogen-bond donors (Lipinski definition) is 0. The Morgan fingerprint density at radius 3 is 2.15 bits per heavy atom. The molecule has 0 atom stereocenters. The number of carbonyl (C=O) groups excluding carboxylic acids is 1. The maximum absolute atomic E-state index is 11.7. The van der Waals surface area contributed by atoms with Crippen LogP contribution in [-0.4, -0.2) is 49.9 Å². The van der Waals surface area contributed by atoms with E-state index >= 15 is 0 Å². The summed E-state index contributed by atoms with van der Waals surface area (Å²) in [5, 5.41) is -0.375. The van der Waals surface area contributed by atoms with E-state index in [9.17, 15) is 13.2 Å². The number of rotatable bonds is 4. The molecule has 1 saturated heterocycles. The number of piperazine rings is 1. The maximum Gasteiger partial charge on any atom is 0.228 e. The van der Waals surface area contributed by atoms with E-state index in [0.29, 0.717) is 31.7 Å². The largest absolute Gasteiger partial charge is 0.369 e. The van der Waals surface area contributed by atoms with Crippen LogP contribution in [0.4, 0.5) is 5.69 Å². The van der Waals surface area contributed by atoms with E-state index in [-0.39, 0.29) is 11.0 Å². The summed E-state index contributed by atoms with van der Waals surface area (Å²) in [6.45, 7) is 3.64. The summed E-state index contributed by atoms with van der Waals surface area (Å²) < 4.78 is 24.7. The Hall–Kier alpha value is -1.11. The van der Waals surface area contributed by atoms with Crippen LogP contribution in [0, 0.1) is 0 Å². The zero-order valence-electron chi connectivity index (χ0n) is 11.3. The molecule has 0 unspecified atom stereocenters. The Balaban J connectivity index is 2.02. The SMILES string of the molecule is CC(=O)c1ccc(N2CCN(S(=O)(=O)CCl)CC2)cc1. The van der Waals surface area contributed by atoms with Crippen molar-refractivity contribution in [1.82, 2.24) is 4.31 Å². The van der Waals surface area contributed by atoms with E-state index in [1.165, 1.54) is 11.2 Å². The average Bonchev–Trinajstić information content (AvgIpc) is 2.47. The quantitative estimate of drug-likeness (QED) is 0.624. The molecule has 1 aliphatic rings. The molecule has 2 rings (SSSR count). The fraction of sp³-hybridized carbons (Fsp3) is 0.462. The number of benzene rings is 1. The molecule has 5 nitrogen and oxygen atoms in total. The van der Waals surface area contributed by atoms with Crippen molar-refractivity contribution < 1.29 is 13.2 Å². The highest BCUT2D eigenvalue weighted by atomic mass is 35.5. The lowest BCUT2D eigenvalue weighted by molar-refractivity contribution is 0.101. The molecule has 110 valence electrons. The van der Waals surface area contributed by atoms with Crippen molar-refractivity contribution in [1.29, 1.82) is 0 Å². The fourth-order valence-electron chi connectivity index (χ4n) is 2.20. The number of hydrogen-bond acceptors (Lipinski definition) is 4. The summed E-state index contributed by atoms with van der Waals surface area (Å²) in [6, 6.07) is 7.37. The third-order valence-electron chi connectivity index (χ3n) is 3.41. The number of anilines is 1. The summed E-state index contributed by atoms with van der Waals surface area (Å²) in [5.74, 6) is 0.0366. The molecule has 0 amide bonds. The Labute approximate surface area is 124 Å². The molecular weight excluding hydrogens is 300 g/mol. The van der Waals surface area contributed by atoms with Crippen molar-refractivity contribution in [2.24, 2.45) is 0 Å². The lowest BCUT2D eigenvalue weighted by Gasteiger charge is -2.35. The Bertz CT molecular complexity index is 578. The van der Waals surface area contributed by atoms with Gasteiger partial charge in [0.15, 0.2) is 5.78 Å². The zero-order chi connectivity index (χ0) is 14.8. The van der Waals surface area contributed by atoms with Gasteiger partial charge in [-0.1, -0.05) is 0 Å². The Morgan fingerprint density at radius 2 is 1.70 bits per heavy atom. The molecule has 0 radical (unpaired) electrons. The molecule has 0 N–H and O–H groups in total. The first-order valence-electron chi connectivity index (χ1n) is 6.34. The van der Waals surface area contributed by atoms with Crippen molar-refractivity contribution in [2.45, 2.75) is 6.92 Å². The number of Topliss-reactive ketones (excluding diaryl/α,β-unsaturated/α-hetero) is 1. The second-order valence-corrected chi connectivity index (χ2v) is 7.26. The molecule has 1 aromatic carbocycles. The summed E-state index contributed by atoms with van der Waals surface area (Å²) in [6.07, 6.45) is 0. The van der Waals surface area contributed by atoms with Gasteiger partial charge in [0.25, 0.3) is 0 Å².